The Bertz CT molecular complexity index is 2910. The predicted molar refractivity (Wildman–Crippen MR) is 243 cm³/mol. The normalized spacial score (nSPS) is 11.5. The predicted octanol–water partition coefficient (Wildman–Crippen LogP) is 5.84. The van der Waals surface area contributed by atoms with E-state index in [2.05, 4.69) is 56.1 Å². The lowest BCUT2D eigenvalue weighted by Crippen LogP contribution is -2.21. The van der Waals surface area contributed by atoms with E-state index in [1.807, 2.05) is 9.44 Å². The summed E-state index contributed by atoms with van der Waals surface area (Å²) in [5.74, 6) is 11.1. The van der Waals surface area contributed by atoms with Crippen molar-refractivity contribution in [2.45, 2.75) is 25.4 Å². The third-order valence-corrected chi connectivity index (χ3v) is 9.38. The Hall–Kier alpha value is -7.74. The van der Waals surface area contributed by atoms with Gasteiger partial charge in [-0.15, -0.1) is 12.8 Å². The number of hydrogen-bond acceptors (Lipinski definition) is 10. The fourth-order valence-corrected chi connectivity index (χ4v) is 6.43. The number of nitrogens with zero attached hydrogens (tertiary/aromatic N) is 2. The molecule has 0 radical (unpaired) electrons. The van der Waals surface area contributed by atoms with E-state index in [1.54, 1.807) is 0 Å². The summed E-state index contributed by atoms with van der Waals surface area (Å²) in [5.41, 5.74) is -2.76. The molecular weight excluding hydrogens is 981 g/mol. The summed E-state index contributed by atoms with van der Waals surface area (Å²) in [4.78, 5) is 31.4. The molecule has 0 bridgehead atoms. The van der Waals surface area contributed by atoms with E-state index in [9.17, 15) is 61.5 Å². The van der Waals surface area contributed by atoms with Gasteiger partial charge in [0.1, 0.15) is 47.6 Å². The lowest BCUT2D eigenvalue weighted by molar-refractivity contribution is -0.142. The van der Waals surface area contributed by atoms with E-state index < -0.39 is 67.2 Å². The molecule has 0 saturated heterocycles. The molecule has 0 fully saturated rings. The molecule has 2 amide bonds. The van der Waals surface area contributed by atoms with Gasteiger partial charge in [-0.25, -0.2) is 35.6 Å². The van der Waals surface area contributed by atoms with Crippen LogP contribution in [0.3, 0.4) is 0 Å². The lowest BCUT2D eigenvalue weighted by atomic mass is 10.1. The molecule has 70 heavy (non-hydrogen) atoms. The van der Waals surface area contributed by atoms with Gasteiger partial charge in [-0.1, -0.05) is 23.7 Å². The van der Waals surface area contributed by atoms with E-state index in [0.29, 0.717) is 0 Å². The Morgan fingerprint density at radius 3 is 1.30 bits per heavy atom. The molecule has 0 aliphatic carbocycles. The van der Waals surface area contributed by atoms with Crippen LogP contribution in [0, 0.1) is 60.0 Å². The zero-order chi connectivity index (χ0) is 52.5. The number of halogens is 8. The molecule has 4 N–H and O–H groups in total. The molecule has 0 unspecified atom stereocenters. The number of alkyl halides is 6. The second-order valence-electron chi connectivity index (χ2n) is 13.9. The van der Waals surface area contributed by atoms with Crippen molar-refractivity contribution in [2.24, 2.45) is 0 Å². The van der Waals surface area contributed by atoms with Crippen molar-refractivity contribution in [1.29, 1.82) is 0 Å². The Kier molecular flexibility index (Phi) is 20.2. The minimum absolute atomic E-state index is 0.0315. The standard InChI is InChI=1S/2C23H19F4N3O4S/c2*1-4-16-12-15(13-18(24)22(16)30-35(3,32)33)14-28-21(31)10-8-17-7-9-20(23(25,26)27)29-19(17)6-5-11-34-2/h2*1,7-10,12-13,30H,11,14H2,2-3H3,(H,28,31). The van der Waals surface area contributed by atoms with Gasteiger partial charge < -0.3 is 20.1 Å². The van der Waals surface area contributed by atoms with Crippen LogP contribution in [0.2, 0.25) is 0 Å². The summed E-state index contributed by atoms with van der Waals surface area (Å²) in [6.07, 6.45) is 7.54. The van der Waals surface area contributed by atoms with Crippen LogP contribution in [0.4, 0.5) is 46.5 Å². The molecule has 2 aromatic carbocycles. The Morgan fingerprint density at radius 2 is 1.00 bits per heavy atom. The topological polar surface area (TPSA) is 195 Å². The first kappa shape index (κ1) is 56.6. The van der Waals surface area contributed by atoms with Gasteiger partial charge in [-0.05, 0) is 83.7 Å². The maximum atomic E-state index is 14.4. The van der Waals surface area contributed by atoms with Crippen LogP contribution in [-0.4, -0.2) is 78.6 Å². The number of anilines is 2. The fourth-order valence-electron chi connectivity index (χ4n) is 5.27. The van der Waals surface area contributed by atoms with Gasteiger partial charge in [0, 0.05) is 50.6 Å². The number of aromatic nitrogens is 2. The van der Waals surface area contributed by atoms with Crippen molar-refractivity contribution >= 4 is 55.4 Å². The minimum Gasteiger partial charge on any atom is -0.372 e. The van der Waals surface area contributed by atoms with E-state index >= 15 is 0 Å². The van der Waals surface area contributed by atoms with Gasteiger partial charge >= 0.3 is 12.4 Å². The summed E-state index contributed by atoms with van der Waals surface area (Å²) in [5, 5.41) is 4.93. The molecule has 0 aliphatic heterocycles. The molecule has 4 rings (SSSR count). The molecule has 4 aromatic rings. The largest absolute Gasteiger partial charge is 0.433 e. The third-order valence-electron chi connectivity index (χ3n) is 8.23. The van der Waals surface area contributed by atoms with Crippen molar-refractivity contribution in [3.8, 4) is 48.4 Å². The number of terminal acetylenes is 2. The molecule has 0 atom stereocenters. The lowest BCUT2D eigenvalue weighted by Gasteiger charge is -2.11. The minimum atomic E-state index is -4.67. The summed E-state index contributed by atoms with van der Waals surface area (Å²) in [6, 6.07) is 8.42. The highest BCUT2D eigenvalue weighted by Gasteiger charge is 2.33. The van der Waals surface area contributed by atoms with Gasteiger partial charge in [0.2, 0.25) is 31.9 Å². The number of hydrogen-bond donors (Lipinski definition) is 4. The van der Waals surface area contributed by atoms with E-state index in [4.69, 9.17) is 22.3 Å². The average Bonchev–Trinajstić information content (AvgIpc) is 3.27. The number of carbonyl (C=O) groups excluding carboxylic acids is 2. The van der Waals surface area contributed by atoms with Crippen molar-refractivity contribution in [1.82, 2.24) is 20.6 Å². The van der Waals surface area contributed by atoms with Gasteiger partial charge in [-0.3, -0.25) is 19.0 Å². The molecule has 2 heterocycles. The molecule has 14 nitrogen and oxygen atoms in total. The molecule has 0 spiro atoms. The molecule has 0 saturated carbocycles. The Balaban J connectivity index is 0.000000370. The van der Waals surface area contributed by atoms with E-state index in [0.717, 1.165) is 61.1 Å². The number of benzene rings is 2. The first-order chi connectivity index (χ1) is 32.7. The number of amides is 2. The summed E-state index contributed by atoms with van der Waals surface area (Å²) >= 11 is 0. The van der Waals surface area contributed by atoms with Gasteiger partial charge in [0.05, 0.1) is 35.0 Å². The smallest absolute Gasteiger partial charge is 0.372 e. The maximum absolute atomic E-state index is 14.4. The number of ether oxygens (including phenoxy) is 2. The van der Waals surface area contributed by atoms with Crippen LogP contribution in [0.1, 0.15) is 56.2 Å². The van der Waals surface area contributed by atoms with E-state index in [1.165, 1.54) is 38.5 Å². The Morgan fingerprint density at radius 1 is 0.643 bits per heavy atom. The molecular formula is C46H38F8N6O8S2. The highest BCUT2D eigenvalue weighted by molar-refractivity contribution is 7.92. The Labute approximate surface area is 397 Å². The molecule has 368 valence electrons. The molecule has 0 aliphatic rings. The molecule has 24 heteroatoms. The SMILES string of the molecule is C#Cc1cc(CNC(=O)C=Cc2ccc(C(F)(F)F)nc2C#CCOC)cc(F)c1NS(C)(=O)=O.C#Cc1cc(CNC(=O)C=Cc2ccc(C(F)(F)F)nc2C#CCOC)cc(F)c1NS(C)(=O)=O. The number of carbonyl (C=O) groups is 2. The first-order valence-corrected chi connectivity index (χ1v) is 23.0. The number of pyridine rings is 2. The maximum Gasteiger partial charge on any atom is 0.433 e. The second-order valence-corrected chi connectivity index (χ2v) is 17.4. The van der Waals surface area contributed by atoms with Gasteiger partial charge in [0.25, 0.3) is 0 Å². The van der Waals surface area contributed by atoms with Crippen LogP contribution in [0.25, 0.3) is 12.2 Å². The van der Waals surface area contributed by atoms with Crippen molar-refractivity contribution in [3.63, 3.8) is 0 Å². The van der Waals surface area contributed by atoms with Gasteiger partial charge in [-0.2, -0.15) is 26.3 Å². The first-order valence-electron chi connectivity index (χ1n) is 19.3. The summed E-state index contributed by atoms with van der Waals surface area (Å²) in [7, 11) is -4.81. The highest BCUT2D eigenvalue weighted by atomic mass is 32.2. The number of rotatable bonds is 14. The van der Waals surface area contributed by atoms with Gasteiger partial charge in [0.15, 0.2) is 0 Å². The quantitative estimate of drug-likeness (QED) is 0.0678. The van der Waals surface area contributed by atoms with Crippen LogP contribution < -0.4 is 20.1 Å². The monoisotopic (exact) mass is 1020 g/mol. The zero-order valence-corrected chi connectivity index (χ0v) is 38.5. The number of sulfonamides is 2. The third kappa shape index (κ3) is 18.7. The summed E-state index contributed by atoms with van der Waals surface area (Å²) in [6.45, 7) is -0.397. The molecule has 2 aromatic heterocycles. The van der Waals surface area contributed by atoms with Crippen molar-refractivity contribution in [3.05, 3.63) is 128 Å². The van der Waals surface area contributed by atoms with Crippen LogP contribution in [-0.2, 0) is 64.6 Å². The van der Waals surface area contributed by atoms with E-state index in [-0.39, 0.29) is 82.4 Å². The average molecular weight is 1020 g/mol. The van der Waals surface area contributed by atoms with Crippen LogP contribution in [0.15, 0.2) is 60.7 Å². The zero-order valence-electron chi connectivity index (χ0n) is 36.9. The van der Waals surface area contributed by atoms with Crippen LogP contribution >= 0.6 is 0 Å². The summed E-state index contributed by atoms with van der Waals surface area (Å²) < 4.78 is 166. The second kappa shape index (κ2) is 25.0. The number of methoxy groups -OCH3 is 2. The van der Waals surface area contributed by atoms with Crippen molar-refractivity contribution < 1.29 is 71.0 Å². The fraction of sp³-hybridized carbons (Fsp3) is 0.217. The van der Waals surface area contributed by atoms with Crippen molar-refractivity contribution in [2.75, 3.05) is 49.4 Å². The highest BCUT2D eigenvalue weighted by Crippen LogP contribution is 2.30. The van der Waals surface area contributed by atoms with Crippen LogP contribution in [0.5, 0.6) is 0 Å². The number of nitrogens with one attached hydrogen (secondary N) is 4.